The largest absolute Gasteiger partial charge is 0.497 e. The zero-order chi connectivity index (χ0) is 18.5. The highest BCUT2D eigenvalue weighted by atomic mass is 16.5. The first-order chi connectivity index (χ1) is 12.6. The van der Waals surface area contributed by atoms with Gasteiger partial charge in [0.25, 0.3) is 5.91 Å². The van der Waals surface area contributed by atoms with Crippen LogP contribution in [0.15, 0.2) is 36.7 Å². The Morgan fingerprint density at radius 1 is 1.31 bits per heavy atom. The molecular weight excluding hydrogens is 338 g/mol. The molecule has 1 aromatic carbocycles. The fraction of sp³-hybridized carbons (Fsp3) is 0.294. The Balaban J connectivity index is 1.53. The summed E-state index contributed by atoms with van der Waals surface area (Å²) < 4.78 is 5.10. The fourth-order valence-corrected chi connectivity index (χ4v) is 2.66. The molecule has 2 heterocycles. The van der Waals surface area contributed by atoms with Crippen LogP contribution in [0.3, 0.4) is 0 Å². The van der Waals surface area contributed by atoms with E-state index in [4.69, 9.17) is 4.74 Å². The van der Waals surface area contributed by atoms with Gasteiger partial charge in [-0.15, -0.1) is 0 Å². The van der Waals surface area contributed by atoms with Crippen LogP contribution in [-0.4, -0.2) is 52.4 Å². The predicted octanol–water partition coefficient (Wildman–Crippen LogP) is 0.910. The van der Waals surface area contributed by atoms with E-state index >= 15 is 0 Å². The third kappa shape index (κ3) is 4.00. The van der Waals surface area contributed by atoms with Crippen LogP contribution in [0.25, 0.3) is 0 Å². The van der Waals surface area contributed by atoms with E-state index in [-0.39, 0.29) is 13.0 Å². The molecule has 0 aliphatic carbocycles. The SMILES string of the molecule is COc1ccc(CCN2C(=O)N[C@@H](CC(=O)Nc3ncc[nH]3)C2=O)cc1. The zero-order valence-corrected chi connectivity index (χ0v) is 14.2. The summed E-state index contributed by atoms with van der Waals surface area (Å²) in [4.78, 5) is 44.1. The first kappa shape index (κ1) is 17.5. The molecule has 0 bridgehead atoms. The number of aromatic amines is 1. The second kappa shape index (κ2) is 7.68. The fourth-order valence-electron chi connectivity index (χ4n) is 2.66. The van der Waals surface area contributed by atoms with Crippen molar-refractivity contribution in [3.63, 3.8) is 0 Å². The number of hydrogen-bond donors (Lipinski definition) is 3. The lowest BCUT2D eigenvalue weighted by Gasteiger charge is -2.13. The highest BCUT2D eigenvalue weighted by Gasteiger charge is 2.38. The van der Waals surface area contributed by atoms with Gasteiger partial charge in [-0.05, 0) is 24.1 Å². The van der Waals surface area contributed by atoms with E-state index in [1.807, 2.05) is 24.3 Å². The van der Waals surface area contributed by atoms with Crippen molar-refractivity contribution in [3.8, 4) is 5.75 Å². The predicted molar refractivity (Wildman–Crippen MR) is 92.6 cm³/mol. The Bertz CT molecular complexity index is 788. The quantitative estimate of drug-likeness (QED) is 0.637. The number of nitrogens with zero attached hydrogens (tertiary/aromatic N) is 2. The Kier molecular flexibility index (Phi) is 5.16. The summed E-state index contributed by atoms with van der Waals surface area (Å²) >= 11 is 0. The molecule has 9 heteroatoms. The molecule has 9 nitrogen and oxygen atoms in total. The van der Waals surface area contributed by atoms with Crippen LogP contribution in [0.5, 0.6) is 5.75 Å². The number of urea groups is 1. The molecule has 0 spiro atoms. The summed E-state index contributed by atoms with van der Waals surface area (Å²) in [5, 5.41) is 5.07. The van der Waals surface area contributed by atoms with E-state index in [9.17, 15) is 14.4 Å². The number of carbonyl (C=O) groups is 3. The number of rotatable bonds is 7. The molecule has 1 aromatic heterocycles. The second-order valence-electron chi connectivity index (χ2n) is 5.78. The third-order valence-electron chi connectivity index (χ3n) is 4.04. The van der Waals surface area contributed by atoms with Crippen LogP contribution in [0, 0.1) is 0 Å². The molecule has 0 saturated carbocycles. The molecule has 2 aromatic rings. The molecule has 1 aliphatic heterocycles. The normalized spacial score (nSPS) is 16.5. The Morgan fingerprint density at radius 2 is 2.08 bits per heavy atom. The molecular formula is C17H19N5O4. The minimum Gasteiger partial charge on any atom is -0.497 e. The molecule has 1 aliphatic rings. The minimum absolute atomic E-state index is 0.149. The lowest BCUT2D eigenvalue weighted by Crippen LogP contribution is -2.35. The van der Waals surface area contributed by atoms with Gasteiger partial charge in [0.2, 0.25) is 11.9 Å². The Morgan fingerprint density at radius 3 is 2.73 bits per heavy atom. The van der Waals surface area contributed by atoms with Crippen molar-refractivity contribution in [3.05, 3.63) is 42.2 Å². The van der Waals surface area contributed by atoms with Crippen molar-refractivity contribution in [1.82, 2.24) is 20.2 Å². The number of methoxy groups -OCH3 is 1. The van der Waals surface area contributed by atoms with Gasteiger partial charge < -0.3 is 15.0 Å². The zero-order valence-electron chi connectivity index (χ0n) is 14.2. The molecule has 0 radical (unpaired) electrons. The maximum atomic E-state index is 12.4. The van der Waals surface area contributed by atoms with Crippen molar-refractivity contribution >= 4 is 23.8 Å². The first-order valence-corrected chi connectivity index (χ1v) is 8.11. The average Bonchev–Trinajstić information content (AvgIpc) is 3.22. The topological polar surface area (TPSA) is 116 Å². The summed E-state index contributed by atoms with van der Waals surface area (Å²) in [6.07, 6.45) is 3.44. The van der Waals surface area contributed by atoms with Crippen LogP contribution < -0.4 is 15.4 Å². The molecule has 3 rings (SSSR count). The van der Waals surface area contributed by atoms with Crippen molar-refractivity contribution in [2.24, 2.45) is 0 Å². The maximum Gasteiger partial charge on any atom is 0.324 e. The summed E-state index contributed by atoms with van der Waals surface area (Å²) in [7, 11) is 1.59. The molecule has 3 N–H and O–H groups in total. The van der Waals surface area contributed by atoms with Gasteiger partial charge in [-0.1, -0.05) is 12.1 Å². The van der Waals surface area contributed by atoms with Gasteiger partial charge in [-0.2, -0.15) is 0 Å². The summed E-state index contributed by atoms with van der Waals surface area (Å²) in [6.45, 7) is 0.243. The van der Waals surface area contributed by atoms with Gasteiger partial charge in [0, 0.05) is 18.9 Å². The smallest absolute Gasteiger partial charge is 0.324 e. The highest BCUT2D eigenvalue weighted by Crippen LogP contribution is 2.15. The lowest BCUT2D eigenvalue weighted by atomic mass is 10.1. The van der Waals surface area contributed by atoms with E-state index in [0.717, 1.165) is 16.2 Å². The number of imide groups is 1. The van der Waals surface area contributed by atoms with Crippen LogP contribution >= 0.6 is 0 Å². The molecule has 0 unspecified atom stereocenters. The van der Waals surface area contributed by atoms with Gasteiger partial charge >= 0.3 is 6.03 Å². The molecule has 26 heavy (non-hydrogen) atoms. The van der Waals surface area contributed by atoms with Gasteiger partial charge in [0.05, 0.1) is 13.5 Å². The number of amides is 4. The van der Waals surface area contributed by atoms with Gasteiger partial charge in [0.1, 0.15) is 11.8 Å². The monoisotopic (exact) mass is 357 g/mol. The summed E-state index contributed by atoms with van der Waals surface area (Å²) in [5.41, 5.74) is 0.977. The Labute approximate surface area is 149 Å². The van der Waals surface area contributed by atoms with Crippen LogP contribution in [0.2, 0.25) is 0 Å². The van der Waals surface area contributed by atoms with E-state index < -0.39 is 23.9 Å². The van der Waals surface area contributed by atoms with Crippen LogP contribution in [0.4, 0.5) is 10.7 Å². The molecule has 4 amide bonds. The lowest BCUT2D eigenvalue weighted by molar-refractivity contribution is -0.129. The van der Waals surface area contributed by atoms with Crippen LogP contribution in [0.1, 0.15) is 12.0 Å². The van der Waals surface area contributed by atoms with E-state index in [2.05, 4.69) is 20.6 Å². The van der Waals surface area contributed by atoms with Crippen molar-refractivity contribution in [2.75, 3.05) is 19.0 Å². The van der Waals surface area contributed by atoms with Gasteiger partial charge in [-0.3, -0.25) is 19.8 Å². The van der Waals surface area contributed by atoms with Crippen LogP contribution in [-0.2, 0) is 16.0 Å². The first-order valence-electron chi connectivity index (χ1n) is 8.11. The number of nitrogens with one attached hydrogen (secondary N) is 3. The molecule has 136 valence electrons. The number of anilines is 1. The summed E-state index contributed by atoms with van der Waals surface area (Å²) in [5.74, 6) is 0.225. The van der Waals surface area contributed by atoms with E-state index in [0.29, 0.717) is 12.4 Å². The number of imidazole rings is 1. The number of hydrogen-bond acceptors (Lipinski definition) is 5. The van der Waals surface area contributed by atoms with Crippen molar-refractivity contribution in [2.45, 2.75) is 18.9 Å². The van der Waals surface area contributed by atoms with Crippen molar-refractivity contribution < 1.29 is 19.1 Å². The number of H-pyrrole nitrogens is 1. The second-order valence-corrected chi connectivity index (χ2v) is 5.78. The number of carbonyl (C=O) groups excluding carboxylic acids is 3. The number of ether oxygens (including phenoxy) is 1. The maximum absolute atomic E-state index is 12.4. The third-order valence-corrected chi connectivity index (χ3v) is 4.04. The highest BCUT2D eigenvalue weighted by molar-refractivity contribution is 6.06. The summed E-state index contributed by atoms with van der Waals surface area (Å²) in [6, 6.07) is 6.05. The average molecular weight is 357 g/mol. The Hall–Kier alpha value is -3.36. The van der Waals surface area contributed by atoms with E-state index in [1.54, 1.807) is 13.3 Å². The molecule has 1 fully saturated rings. The van der Waals surface area contributed by atoms with Gasteiger partial charge in [0.15, 0.2) is 0 Å². The number of benzene rings is 1. The minimum atomic E-state index is -0.867. The number of aromatic nitrogens is 2. The molecule has 1 saturated heterocycles. The van der Waals surface area contributed by atoms with Gasteiger partial charge in [-0.25, -0.2) is 9.78 Å². The molecule has 1 atom stereocenters. The standard InChI is InChI=1S/C17H19N5O4/c1-26-12-4-2-11(3-5-12)6-9-22-15(24)13(20-17(22)25)10-14(23)21-16-18-7-8-19-16/h2-5,7-8,13H,6,9-10H2,1H3,(H,20,25)(H2,18,19,21,23)/t13-/m0/s1. The van der Waals surface area contributed by atoms with E-state index in [1.165, 1.54) is 6.20 Å². The van der Waals surface area contributed by atoms with Crippen molar-refractivity contribution in [1.29, 1.82) is 0 Å².